The molecule has 110 valence electrons. The van der Waals surface area contributed by atoms with Crippen LogP contribution in [-0.4, -0.2) is 45.8 Å². The fourth-order valence-electron chi connectivity index (χ4n) is 1.17. The molecule has 0 fully saturated rings. The van der Waals surface area contributed by atoms with Crippen molar-refractivity contribution in [2.75, 3.05) is 19.8 Å². The number of para-hydroxylation sites is 1. The van der Waals surface area contributed by atoms with Crippen molar-refractivity contribution >= 4 is 0 Å². The molecule has 0 saturated heterocycles. The highest BCUT2D eigenvalue weighted by atomic mass is 16.3. The molecule has 1 aromatic rings. The van der Waals surface area contributed by atoms with Gasteiger partial charge in [-0.3, -0.25) is 0 Å². The first-order valence-electron chi connectivity index (χ1n) is 5.89. The number of nitrogens with two attached hydrogens (primary N) is 2. The van der Waals surface area contributed by atoms with Gasteiger partial charge in [0.25, 0.3) is 0 Å². The number of aromatic hydroxyl groups is 1. The van der Waals surface area contributed by atoms with E-state index in [0.717, 1.165) is 5.56 Å². The lowest BCUT2D eigenvalue weighted by Crippen LogP contribution is -2.50. The third kappa shape index (κ3) is 6.00. The molecule has 0 bridgehead atoms. The van der Waals surface area contributed by atoms with Gasteiger partial charge in [0, 0.05) is 11.1 Å². The molecular weight excluding hydrogens is 248 g/mol. The third-order valence-corrected chi connectivity index (χ3v) is 2.54. The van der Waals surface area contributed by atoms with E-state index in [0.29, 0.717) is 0 Å². The Balaban J connectivity index is 0.000000362. The van der Waals surface area contributed by atoms with Gasteiger partial charge in [-0.1, -0.05) is 18.2 Å². The number of aliphatic hydroxyl groups excluding tert-OH is 3. The monoisotopic (exact) mass is 272 g/mol. The molecule has 0 unspecified atom stereocenters. The maximum absolute atomic E-state index is 9.37. The second-order valence-electron chi connectivity index (χ2n) is 5.08. The molecule has 1 aromatic carbocycles. The molecule has 1 rings (SSSR count). The van der Waals surface area contributed by atoms with Gasteiger partial charge in [-0.05, 0) is 19.9 Å². The van der Waals surface area contributed by atoms with Crippen molar-refractivity contribution in [2.45, 2.75) is 24.9 Å². The lowest BCUT2D eigenvalue weighted by atomic mass is 9.95. The van der Waals surface area contributed by atoms with Gasteiger partial charge in [0.05, 0.1) is 25.4 Å². The summed E-state index contributed by atoms with van der Waals surface area (Å²) in [6, 6.07) is 7.12. The van der Waals surface area contributed by atoms with Crippen molar-refractivity contribution < 1.29 is 20.4 Å². The van der Waals surface area contributed by atoms with E-state index in [1.807, 2.05) is 26.0 Å². The molecule has 0 aliphatic heterocycles. The average molecular weight is 272 g/mol. The number of phenolic OH excluding ortho intramolecular Hbond substituents is 1. The summed E-state index contributed by atoms with van der Waals surface area (Å²) in [5.41, 5.74) is 10.0. The summed E-state index contributed by atoms with van der Waals surface area (Å²) in [5, 5.41) is 34.4. The molecule has 0 radical (unpaired) electrons. The first-order chi connectivity index (χ1) is 8.70. The van der Waals surface area contributed by atoms with Crippen molar-refractivity contribution in [1.82, 2.24) is 0 Å². The van der Waals surface area contributed by atoms with E-state index >= 15 is 0 Å². The quantitative estimate of drug-likeness (QED) is 0.427. The largest absolute Gasteiger partial charge is 0.508 e. The zero-order valence-corrected chi connectivity index (χ0v) is 11.4. The smallest absolute Gasteiger partial charge is 0.120 e. The Bertz CT molecular complexity index is 365. The predicted octanol–water partition coefficient (Wildman–Crippen LogP) is -0.753. The van der Waals surface area contributed by atoms with Crippen LogP contribution in [-0.2, 0) is 5.54 Å². The lowest BCUT2D eigenvalue weighted by molar-refractivity contribution is 0.0698. The second kappa shape index (κ2) is 7.42. The van der Waals surface area contributed by atoms with Gasteiger partial charge >= 0.3 is 0 Å². The predicted molar refractivity (Wildman–Crippen MR) is 73.5 cm³/mol. The maximum atomic E-state index is 9.37. The Morgan fingerprint density at radius 1 is 0.947 bits per heavy atom. The van der Waals surface area contributed by atoms with Gasteiger partial charge < -0.3 is 31.9 Å². The van der Waals surface area contributed by atoms with Gasteiger partial charge in [-0.2, -0.15) is 0 Å². The van der Waals surface area contributed by atoms with E-state index in [4.69, 9.17) is 26.8 Å². The van der Waals surface area contributed by atoms with E-state index in [1.165, 1.54) is 0 Å². The summed E-state index contributed by atoms with van der Waals surface area (Å²) >= 11 is 0. The maximum Gasteiger partial charge on any atom is 0.120 e. The number of hydrogen-bond donors (Lipinski definition) is 6. The van der Waals surface area contributed by atoms with Crippen LogP contribution in [0, 0.1) is 0 Å². The van der Waals surface area contributed by atoms with E-state index in [1.54, 1.807) is 12.1 Å². The Morgan fingerprint density at radius 2 is 1.37 bits per heavy atom. The van der Waals surface area contributed by atoms with Gasteiger partial charge in [-0.25, -0.2) is 0 Å². The highest BCUT2D eigenvalue weighted by Crippen LogP contribution is 2.25. The average Bonchev–Trinajstić information content (AvgIpc) is 2.38. The van der Waals surface area contributed by atoms with E-state index < -0.39 is 30.9 Å². The number of hydrogen-bond acceptors (Lipinski definition) is 6. The molecule has 0 amide bonds. The van der Waals surface area contributed by atoms with Crippen LogP contribution in [0.4, 0.5) is 0 Å². The number of benzene rings is 1. The Morgan fingerprint density at radius 3 is 1.58 bits per heavy atom. The van der Waals surface area contributed by atoms with Crippen LogP contribution >= 0.6 is 0 Å². The van der Waals surface area contributed by atoms with Crippen LogP contribution in [0.2, 0.25) is 0 Å². The zero-order valence-electron chi connectivity index (χ0n) is 11.4. The first-order valence-corrected chi connectivity index (χ1v) is 5.89. The fourth-order valence-corrected chi connectivity index (χ4v) is 1.17. The van der Waals surface area contributed by atoms with E-state index in [9.17, 15) is 5.11 Å². The van der Waals surface area contributed by atoms with Crippen LogP contribution in [0.3, 0.4) is 0 Å². The van der Waals surface area contributed by atoms with Crippen LogP contribution in [0.5, 0.6) is 5.75 Å². The molecule has 0 spiro atoms. The number of phenols is 1. The van der Waals surface area contributed by atoms with Crippen molar-refractivity contribution in [2.24, 2.45) is 11.5 Å². The second-order valence-corrected chi connectivity index (χ2v) is 5.08. The van der Waals surface area contributed by atoms with Gasteiger partial charge in [0.15, 0.2) is 0 Å². The van der Waals surface area contributed by atoms with Crippen LogP contribution in [0.1, 0.15) is 19.4 Å². The van der Waals surface area contributed by atoms with Gasteiger partial charge in [0.1, 0.15) is 5.75 Å². The molecule has 0 aliphatic carbocycles. The highest BCUT2D eigenvalue weighted by Gasteiger charge is 2.20. The lowest BCUT2D eigenvalue weighted by Gasteiger charge is -2.20. The van der Waals surface area contributed by atoms with Crippen molar-refractivity contribution in [3.8, 4) is 5.75 Å². The zero-order chi connectivity index (χ0) is 15.1. The minimum atomic E-state index is -1.21. The Labute approximate surface area is 113 Å². The molecule has 19 heavy (non-hydrogen) atoms. The third-order valence-electron chi connectivity index (χ3n) is 2.54. The molecule has 0 saturated carbocycles. The summed E-state index contributed by atoms with van der Waals surface area (Å²) < 4.78 is 0. The summed E-state index contributed by atoms with van der Waals surface area (Å²) in [6.07, 6.45) is 0. The summed E-state index contributed by atoms with van der Waals surface area (Å²) in [5.74, 6) is 0.264. The minimum Gasteiger partial charge on any atom is -0.508 e. The van der Waals surface area contributed by atoms with E-state index in [-0.39, 0.29) is 5.75 Å². The summed E-state index contributed by atoms with van der Waals surface area (Å²) in [6.45, 7) is 2.52. The fraction of sp³-hybridized carbons (Fsp3) is 0.538. The van der Waals surface area contributed by atoms with Crippen LogP contribution in [0.15, 0.2) is 24.3 Å². The molecule has 8 N–H and O–H groups in total. The Kier molecular flexibility index (Phi) is 6.96. The molecular formula is C13H24N2O4. The first kappa shape index (κ1) is 17.8. The SMILES string of the molecule is CC(C)(N)c1ccccc1O.NC(CO)(CO)CO. The molecule has 6 nitrogen and oxygen atoms in total. The van der Waals surface area contributed by atoms with Crippen molar-refractivity contribution in [3.63, 3.8) is 0 Å². The van der Waals surface area contributed by atoms with Crippen LogP contribution in [0.25, 0.3) is 0 Å². The highest BCUT2D eigenvalue weighted by molar-refractivity contribution is 5.36. The normalized spacial score (nSPS) is 11.7. The Hall–Kier alpha value is -1.18. The molecule has 6 heteroatoms. The van der Waals surface area contributed by atoms with Crippen LogP contribution < -0.4 is 11.5 Å². The van der Waals surface area contributed by atoms with E-state index in [2.05, 4.69) is 0 Å². The van der Waals surface area contributed by atoms with Crippen molar-refractivity contribution in [3.05, 3.63) is 29.8 Å². The summed E-state index contributed by atoms with van der Waals surface area (Å²) in [7, 11) is 0. The standard InChI is InChI=1S/C9H13NO.C4H11NO3/c1-9(2,10)7-5-3-4-6-8(7)11;5-4(1-6,2-7)3-8/h3-6,11H,10H2,1-2H3;6-8H,1-3,5H2. The number of aliphatic hydroxyl groups is 3. The summed E-state index contributed by atoms with van der Waals surface area (Å²) in [4.78, 5) is 0. The van der Waals surface area contributed by atoms with Gasteiger partial charge in [0.2, 0.25) is 0 Å². The van der Waals surface area contributed by atoms with Gasteiger partial charge in [-0.15, -0.1) is 0 Å². The topological polar surface area (TPSA) is 133 Å². The number of rotatable bonds is 4. The molecule has 0 heterocycles. The van der Waals surface area contributed by atoms with Crippen molar-refractivity contribution in [1.29, 1.82) is 0 Å². The molecule has 0 aromatic heterocycles. The minimum absolute atomic E-state index is 0.264. The molecule has 0 aliphatic rings. The molecule has 0 atom stereocenters.